The van der Waals surface area contributed by atoms with Crippen LogP contribution in [0, 0.1) is 0 Å². The summed E-state index contributed by atoms with van der Waals surface area (Å²) in [5, 5.41) is 0.142. The Hall–Kier alpha value is -1.74. The molecule has 19 heavy (non-hydrogen) atoms. The molecule has 0 aliphatic rings. The fraction of sp³-hybridized carbons (Fsp3) is 0.267. The zero-order chi connectivity index (χ0) is 13.8. The molecule has 2 aromatic rings. The van der Waals surface area contributed by atoms with Gasteiger partial charge in [-0.05, 0) is 13.8 Å². The Balaban J connectivity index is 2.57. The van der Waals surface area contributed by atoms with Crippen molar-refractivity contribution in [3.8, 4) is 11.3 Å². The average molecular weight is 278 g/mol. The van der Waals surface area contributed by atoms with Crippen LogP contribution in [-0.2, 0) is 0 Å². The molecule has 2 rings (SSSR count). The summed E-state index contributed by atoms with van der Waals surface area (Å²) >= 11 is 6.06. The molecule has 0 unspecified atom stereocenters. The first-order valence-electron chi connectivity index (χ1n) is 6.31. The van der Waals surface area contributed by atoms with Gasteiger partial charge in [-0.15, -0.1) is 0 Å². The molecule has 0 aliphatic carbocycles. The summed E-state index contributed by atoms with van der Waals surface area (Å²) in [4.78, 5) is 13.9. The molecule has 1 aromatic carbocycles. The summed E-state index contributed by atoms with van der Waals surface area (Å²) in [6, 6.07) is 11.4. The molecule has 0 spiro atoms. The van der Waals surface area contributed by atoms with Crippen LogP contribution >= 0.6 is 11.6 Å². The van der Waals surface area contributed by atoms with Gasteiger partial charge in [0, 0.05) is 24.7 Å². The van der Waals surface area contributed by atoms with E-state index in [0.29, 0.717) is 5.76 Å². The largest absolute Gasteiger partial charge is 0.422 e. The molecule has 0 amide bonds. The molecule has 0 N–H and O–H groups in total. The van der Waals surface area contributed by atoms with E-state index in [4.69, 9.17) is 16.0 Å². The number of benzene rings is 1. The molecule has 4 heteroatoms. The molecular formula is C15H16ClNO2. The number of rotatable bonds is 4. The zero-order valence-corrected chi connectivity index (χ0v) is 11.8. The van der Waals surface area contributed by atoms with Gasteiger partial charge in [0.05, 0.1) is 5.69 Å². The second kappa shape index (κ2) is 5.93. The van der Waals surface area contributed by atoms with Gasteiger partial charge in [-0.2, -0.15) is 0 Å². The van der Waals surface area contributed by atoms with E-state index in [-0.39, 0.29) is 5.02 Å². The average Bonchev–Trinajstić information content (AvgIpc) is 2.45. The van der Waals surface area contributed by atoms with Gasteiger partial charge in [0.2, 0.25) is 0 Å². The van der Waals surface area contributed by atoms with Crippen molar-refractivity contribution in [3.05, 3.63) is 51.8 Å². The molecule has 1 heterocycles. The summed E-state index contributed by atoms with van der Waals surface area (Å²) in [6.07, 6.45) is 0. The third-order valence-corrected chi connectivity index (χ3v) is 3.38. The Morgan fingerprint density at radius 2 is 1.79 bits per heavy atom. The van der Waals surface area contributed by atoms with E-state index in [0.717, 1.165) is 24.3 Å². The normalized spacial score (nSPS) is 10.5. The number of nitrogens with zero attached hydrogens (tertiary/aromatic N) is 1. The first-order chi connectivity index (χ1) is 9.17. The zero-order valence-electron chi connectivity index (χ0n) is 11.0. The van der Waals surface area contributed by atoms with Crippen LogP contribution in [0.1, 0.15) is 13.8 Å². The maximum Gasteiger partial charge on any atom is 0.357 e. The lowest BCUT2D eigenvalue weighted by atomic mass is 10.1. The smallest absolute Gasteiger partial charge is 0.357 e. The lowest BCUT2D eigenvalue weighted by Crippen LogP contribution is -2.24. The third kappa shape index (κ3) is 2.82. The first kappa shape index (κ1) is 13.7. The van der Waals surface area contributed by atoms with Gasteiger partial charge >= 0.3 is 5.63 Å². The van der Waals surface area contributed by atoms with Gasteiger partial charge in [-0.25, -0.2) is 4.79 Å². The maximum atomic E-state index is 11.8. The molecule has 100 valence electrons. The van der Waals surface area contributed by atoms with Crippen molar-refractivity contribution in [2.45, 2.75) is 13.8 Å². The van der Waals surface area contributed by atoms with Crippen LogP contribution in [0.4, 0.5) is 5.69 Å². The minimum atomic E-state index is -0.495. The van der Waals surface area contributed by atoms with E-state index in [1.807, 2.05) is 55.1 Å². The van der Waals surface area contributed by atoms with E-state index in [1.54, 1.807) is 0 Å². The third-order valence-electron chi connectivity index (χ3n) is 3.04. The summed E-state index contributed by atoms with van der Waals surface area (Å²) in [6.45, 7) is 5.62. The second-order valence-electron chi connectivity index (χ2n) is 4.14. The lowest BCUT2D eigenvalue weighted by Gasteiger charge is -2.22. The Morgan fingerprint density at radius 1 is 1.16 bits per heavy atom. The van der Waals surface area contributed by atoms with Gasteiger partial charge in [-0.3, -0.25) is 0 Å². The topological polar surface area (TPSA) is 33.5 Å². The SMILES string of the molecule is CCN(CC)c1cc(-c2ccccc2)oc(=O)c1Cl. The molecule has 0 radical (unpaired) electrons. The molecule has 0 saturated carbocycles. The highest BCUT2D eigenvalue weighted by atomic mass is 35.5. The van der Waals surface area contributed by atoms with Crippen molar-refractivity contribution in [2.24, 2.45) is 0 Å². The van der Waals surface area contributed by atoms with Crippen molar-refractivity contribution in [3.63, 3.8) is 0 Å². The molecule has 3 nitrogen and oxygen atoms in total. The number of hydrogen-bond donors (Lipinski definition) is 0. The molecule has 0 saturated heterocycles. The Kier molecular flexibility index (Phi) is 4.27. The Bertz CT molecular complexity index is 603. The van der Waals surface area contributed by atoms with Crippen LogP contribution < -0.4 is 10.5 Å². The molecule has 0 fully saturated rings. The quantitative estimate of drug-likeness (QED) is 0.852. The number of hydrogen-bond acceptors (Lipinski definition) is 3. The molecule has 0 atom stereocenters. The van der Waals surface area contributed by atoms with Crippen LogP contribution in [0.2, 0.25) is 5.02 Å². The van der Waals surface area contributed by atoms with Crippen molar-refractivity contribution in [1.29, 1.82) is 0 Å². The highest BCUT2D eigenvalue weighted by molar-refractivity contribution is 6.33. The second-order valence-corrected chi connectivity index (χ2v) is 4.51. The van der Waals surface area contributed by atoms with Crippen LogP contribution in [0.15, 0.2) is 45.6 Å². The van der Waals surface area contributed by atoms with Gasteiger partial charge in [-0.1, -0.05) is 41.9 Å². The van der Waals surface area contributed by atoms with Crippen LogP contribution in [0.5, 0.6) is 0 Å². The predicted octanol–water partition coefficient (Wildman–Crippen LogP) is 3.81. The summed E-state index contributed by atoms with van der Waals surface area (Å²) in [7, 11) is 0. The highest BCUT2D eigenvalue weighted by Crippen LogP contribution is 2.28. The van der Waals surface area contributed by atoms with E-state index < -0.39 is 5.63 Å². The van der Waals surface area contributed by atoms with Gasteiger partial charge in [0.15, 0.2) is 0 Å². The predicted molar refractivity (Wildman–Crippen MR) is 79.0 cm³/mol. The van der Waals surface area contributed by atoms with Crippen LogP contribution in [-0.4, -0.2) is 13.1 Å². The Morgan fingerprint density at radius 3 is 2.37 bits per heavy atom. The highest BCUT2D eigenvalue weighted by Gasteiger charge is 2.14. The fourth-order valence-electron chi connectivity index (χ4n) is 2.01. The fourth-order valence-corrected chi connectivity index (χ4v) is 2.22. The standard InChI is InChI=1S/C15H16ClNO2/c1-3-17(4-2)12-10-13(19-15(18)14(12)16)11-8-6-5-7-9-11/h5-10H,3-4H2,1-2H3. The van der Waals surface area contributed by atoms with Crippen molar-refractivity contribution in [1.82, 2.24) is 0 Å². The van der Waals surface area contributed by atoms with E-state index >= 15 is 0 Å². The van der Waals surface area contributed by atoms with Crippen LogP contribution in [0.25, 0.3) is 11.3 Å². The van der Waals surface area contributed by atoms with Gasteiger partial charge < -0.3 is 9.32 Å². The van der Waals surface area contributed by atoms with E-state index in [1.165, 1.54) is 0 Å². The number of anilines is 1. The Labute approximate surface area is 117 Å². The minimum absolute atomic E-state index is 0.142. The summed E-state index contributed by atoms with van der Waals surface area (Å²) in [5.74, 6) is 0.539. The summed E-state index contributed by atoms with van der Waals surface area (Å²) < 4.78 is 5.26. The number of halogens is 1. The molecule has 0 bridgehead atoms. The van der Waals surface area contributed by atoms with Crippen LogP contribution in [0.3, 0.4) is 0 Å². The van der Waals surface area contributed by atoms with Crippen molar-refractivity contribution < 1.29 is 4.42 Å². The van der Waals surface area contributed by atoms with E-state index in [2.05, 4.69) is 0 Å². The summed E-state index contributed by atoms with van der Waals surface area (Å²) in [5.41, 5.74) is 1.09. The molecule has 0 aliphatic heterocycles. The maximum absolute atomic E-state index is 11.8. The molecular weight excluding hydrogens is 262 g/mol. The first-order valence-corrected chi connectivity index (χ1v) is 6.69. The van der Waals surface area contributed by atoms with Crippen molar-refractivity contribution >= 4 is 17.3 Å². The van der Waals surface area contributed by atoms with Crippen molar-refractivity contribution in [2.75, 3.05) is 18.0 Å². The minimum Gasteiger partial charge on any atom is -0.422 e. The van der Waals surface area contributed by atoms with Gasteiger partial charge in [0.1, 0.15) is 10.8 Å². The van der Waals surface area contributed by atoms with E-state index in [9.17, 15) is 4.79 Å². The lowest BCUT2D eigenvalue weighted by molar-refractivity contribution is 0.525. The monoisotopic (exact) mass is 277 g/mol. The molecule has 1 aromatic heterocycles. The van der Waals surface area contributed by atoms with Gasteiger partial charge in [0.25, 0.3) is 0 Å².